The zero-order valence-corrected chi connectivity index (χ0v) is 15.1. The first-order chi connectivity index (χ1) is 12.4. The quantitative estimate of drug-likeness (QED) is 0.113. The molecule has 15 heteroatoms. The number of nitrogens with two attached hydrogens (primary N) is 1. The van der Waals surface area contributed by atoms with E-state index < -0.39 is 68.9 Å². The van der Waals surface area contributed by atoms with Crippen molar-refractivity contribution in [2.45, 2.75) is 37.3 Å². The van der Waals surface area contributed by atoms with Gasteiger partial charge in [0.05, 0.1) is 18.7 Å². The normalized spacial score (nSPS) is 23.7. The fourth-order valence-electron chi connectivity index (χ4n) is 2.18. The predicted octanol–water partition coefficient (Wildman–Crippen LogP) is -4.22. The van der Waals surface area contributed by atoms with Gasteiger partial charge < -0.3 is 51.3 Å². The van der Waals surface area contributed by atoms with Crippen LogP contribution in [0.2, 0.25) is 0 Å². The second-order valence-corrected chi connectivity index (χ2v) is 5.82. The van der Waals surface area contributed by atoms with Crippen molar-refractivity contribution in [1.82, 2.24) is 10.6 Å². The summed E-state index contributed by atoms with van der Waals surface area (Å²) in [7, 11) is -3.13. The maximum atomic E-state index is 11.4. The molecule has 14 nitrogen and oxygen atoms in total. The first-order valence-electron chi connectivity index (χ1n) is 7.29. The van der Waals surface area contributed by atoms with E-state index in [0.29, 0.717) is 0 Å². The van der Waals surface area contributed by atoms with Crippen LogP contribution in [0.4, 0.5) is 0 Å². The van der Waals surface area contributed by atoms with Gasteiger partial charge in [0, 0.05) is 6.92 Å². The maximum absolute atomic E-state index is 11.4. The van der Waals surface area contributed by atoms with Crippen molar-refractivity contribution >= 4 is 26.1 Å². The molecule has 0 aromatic carbocycles. The van der Waals surface area contributed by atoms with Crippen LogP contribution in [0.15, 0.2) is 11.8 Å². The van der Waals surface area contributed by atoms with Crippen molar-refractivity contribution < 1.29 is 49.1 Å². The van der Waals surface area contributed by atoms with Gasteiger partial charge in [-0.2, -0.15) is 0 Å². The number of carboxylic acids is 1. The van der Waals surface area contributed by atoms with Gasteiger partial charge in [-0.15, -0.1) is 0 Å². The summed E-state index contributed by atoms with van der Waals surface area (Å²) < 4.78 is 13.9. The third-order valence-electron chi connectivity index (χ3n) is 3.16. The van der Waals surface area contributed by atoms with E-state index >= 15 is 0 Å². The third kappa shape index (κ3) is 8.81. The Morgan fingerprint density at radius 2 is 1.89 bits per heavy atom. The molecule has 1 heterocycles. The Hall–Kier alpha value is -2.22. The lowest BCUT2D eigenvalue weighted by molar-refractivity contribution is -0.146. The van der Waals surface area contributed by atoms with Gasteiger partial charge in [0.15, 0.2) is 5.96 Å². The number of carbonyl (C=O) groups is 2. The lowest BCUT2D eigenvalue weighted by Crippen LogP contribution is -2.64. The fraction of sp³-hybridized carbons (Fsp3) is 0.583. The van der Waals surface area contributed by atoms with E-state index in [9.17, 15) is 19.8 Å². The van der Waals surface area contributed by atoms with Crippen molar-refractivity contribution in [3.8, 4) is 0 Å². The van der Waals surface area contributed by atoms with E-state index in [-0.39, 0.29) is 0 Å². The first-order valence-corrected chi connectivity index (χ1v) is 8.59. The Kier molecular flexibility index (Phi) is 10.5. The molecule has 0 bridgehead atoms. The summed E-state index contributed by atoms with van der Waals surface area (Å²) in [5.41, 5.74) is 5.24. The minimum absolute atomic E-state index is 0.496. The Labute approximate surface area is 153 Å². The monoisotopic (exact) mass is 414 g/mol. The summed E-state index contributed by atoms with van der Waals surface area (Å²) in [5.74, 6) is -3.02. The third-order valence-corrected chi connectivity index (χ3v) is 3.16. The van der Waals surface area contributed by atoms with Crippen LogP contribution in [0.25, 0.3) is 0 Å². The van der Waals surface area contributed by atoms with Crippen LogP contribution in [0.1, 0.15) is 6.92 Å². The van der Waals surface area contributed by atoms with Gasteiger partial charge in [-0.25, -0.2) is 4.79 Å². The van der Waals surface area contributed by atoms with Crippen LogP contribution in [-0.4, -0.2) is 85.1 Å². The highest BCUT2D eigenvalue weighted by molar-refractivity contribution is 7.30. The maximum Gasteiger partial charge on any atom is 0.370 e. The van der Waals surface area contributed by atoms with Crippen molar-refractivity contribution in [1.29, 1.82) is 5.41 Å². The molecule has 0 aliphatic carbocycles. The van der Waals surface area contributed by atoms with Gasteiger partial charge in [0.1, 0.15) is 18.3 Å². The average Bonchev–Trinajstić information content (AvgIpc) is 2.53. The van der Waals surface area contributed by atoms with E-state index in [4.69, 9.17) is 40.4 Å². The number of aliphatic hydroxyl groups is 3. The molecule has 1 amide bonds. The molecule has 1 aliphatic heterocycles. The smallest absolute Gasteiger partial charge is 0.370 e. The van der Waals surface area contributed by atoms with Crippen molar-refractivity contribution in [2.75, 3.05) is 6.61 Å². The largest absolute Gasteiger partial charge is 0.478 e. The molecule has 27 heavy (non-hydrogen) atoms. The SMILES string of the molecule is CC(=O)N[C@H]1[C@H]([C@H](O)[C@H](O)CO)OC(C(=O)O)=C[C@@H]1NC(=N)N.O=[PH](O)O. The number of aliphatic hydroxyl groups excluding tert-OH is 3. The first kappa shape index (κ1) is 24.8. The molecule has 1 rings (SSSR count). The van der Waals surface area contributed by atoms with Crippen molar-refractivity contribution in [3.05, 3.63) is 11.8 Å². The number of carboxylic acid groups (broad SMARTS) is 1. The Morgan fingerprint density at radius 1 is 1.37 bits per heavy atom. The topological polar surface area (TPSA) is 256 Å². The molecule has 0 unspecified atom stereocenters. The number of carbonyl (C=O) groups excluding carboxylic acids is 1. The van der Waals surface area contributed by atoms with E-state index in [1.807, 2.05) is 0 Å². The van der Waals surface area contributed by atoms with Crippen LogP contribution in [-0.2, 0) is 18.9 Å². The minimum Gasteiger partial charge on any atom is -0.478 e. The Morgan fingerprint density at radius 3 is 2.26 bits per heavy atom. The molecular formula is C12H23N4O10P. The molecule has 0 saturated carbocycles. The molecule has 0 aromatic rings. The van der Waals surface area contributed by atoms with E-state index in [0.717, 1.165) is 6.08 Å². The van der Waals surface area contributed by atoms with Gasteiger partial charge in [-0.3, -0.25) is 14.8 Å². The fourth-order valence-corrected chi connectivity index (χ4v) is 2.18. The molecule has 11 N–H and O–H groups in total. The summed E-state index contributed by atoms with van der Waals surface area (Å²) in [4.78, 5) is 36.8. The molecule has 0 radical (unpaired) electrons. The van der Waals surface area contributed by atoms with E-state index in [1.165, 1.54) is 6.92 Å². The van der Waals surface area contributed by atoms with Crippen LogP contribution in [0, 0.1) is 5.41 Å². The second kappa shape index (κ2) is 11.5. The summed E-state index contributed by atoms with van der Waals surface area (Å²) >= 11 is 0. The molecular weight excluding hydrogens is 391 g/mol. The number of aliphatic carboxylic acids is 1. The molecule has 156 valence electrons. The lowest BCUT2D eigenvalue weighted by Gasteiger charge is -2.40. The summed E-state index contributed by atoms with van der Waals surface area (Å²) in [6.07, 6.45) is -3.63. The Balaban J connectivity index is 0.00000153. The van der Waals surface area contributed by atoms with Gasteiger partial charge in [0.25, 0.3) is 0 Å². The summed E-state index contributed by atoms with van der Waals surface area (Å²) in [6.45, 7) is 0.387. The van der Waals surface area contributed by atoms with Crippen molar-refractivity contribution in [2.24, 2.45) is 5.73 Å². The number of nitrogens with one attached hydrogen (secondary N) is 3. The van der Waals surface area contributed by atoms with E-state index in [2.05, 4.69) is 10.6 Å². The van der Waals surface area contributed by atoms with Crippen LogP contribution in [0.5, 0.6) is 0 Å². The standard InChI is InChI=1S/C12H20N4O7.H3O3P/c1-4(18)15-8-5(16-12(13)14)2-7(11(21)22)23-10(8)9(20)6(19)3-17;1-4(2)3/h2,5-6,8-10,17,19-20H,3H2,1H3,(H,15,18)(H,21,22)(H4,13,14,16);4H,(H2,1,2,3)/t5-,6+,8+,9+,10+;/m0./s1. The second-order valence-electron chi connectivity index (χ2n) is 5.25. The average molecular weight is 414 g/mol. The Bertz CT molecular complexity index is 597. The number of hydrogen-bond acceptors (Lipinski definition) is 8. The highest BCUT2D eigenvalue weighted by atomic mass is 31.1. The van der Waals surface area contributed by atoms with Crippen LogP contribution < -0.4 is 16.4 Å². The number of hydrogen-bond donors (Lipinski definition) is 10. The molecule has 0 aromatic heterocycles. The van der Waals surface area contributed by atoms with E-state index in [1.54, 1.807) is 0 Å². The molecule has 0 fully saturated rings. The zero-order chi connectivity index (χ0) is 21.3. The minimum atomic E-state index is -3.13. The molecule has 1 aliphatic rings. The highest BCUT2D eigenvalue weighted by Gasteiger charge is 2.43. The molecule has 5 atom stereocenters. The van der Waals surface area contributed by atoms with Gasteiger partial charge >= 0.3 is 14.2 Å². The zero-order valence-electron chi connectivity index (χ0n) is 14.1. The number of amides is 1. The summed E-state index contributed by atoms with van der Waals surface area (Å²) in [5, 5.41) is 49.8. The number of guanidine groups is 1. The number of ether oxygens (including phenoxy) is 1. The van der Waals surface area contributed by atoms with Crippen LogP contribution in [0.3, 0.4) is 0 Å². The van der Waals surface area contributed by atoms with Crippen LogP contribution >= 0.6 is 8.25 Å². The van der Waals surface area contributed by atoms with Gasteiger partial charge in [-0.05, 0) is 6.08 Å². The molecule has 0 saturated heterocycles. The summed E-state index contributed by atoms with van der Waals surface area (Å²) in [6, 6.07) is -2.03. The van der Waals surface area contributed by atoms with Gasteiger partial charge in [-0.1, -0.05) is 0 Å². The predicted molar refractivity (Wildman–Crippen MR) is 89.6 cm³/mol. The van der Waals surface area contributed by atoms with Crippen molar-refractivity contribution in [3.63, 3.8) is 0 Å². The highest BCUT2D eigenvalue weighted by Crippen LogP contribution is 2.23. The van der Waals surface area contributed by atoms with Gasteiger partial charge in [0.2, 0.25) is 11.7 Å². The lowest BCUT2D eigenvalue weighted by atomic mass is 9.92. The number of rotatable bonds is 6. The molecule has 0 spiro atoms.